The fourth-order valence-corrected chi connectivity index (χ4v) is 5.07. The highest BCUT2D eigenvalue weighted by Crippen LogP contribution is 2.36. The Morgan fingerprint density at radius 2 is 1.88 bits per heavy atom. The van der Waals surface area contributed by atoms with Crippen molar-refractivity contribution < 1.29 is 4.79 Å². The van der Waals surface area contributed by atoms with Gasteiger partial charge in [0.1, 0.15) is 12.4 Å². The molecule has 0 bridgehead atoms. The molecule has 3 aromatic rings. The highest BCUT2D eigenvalue weighted by molar-refractivity contribution is 5.76. The molecule has 166 valence electrons. The molecule has 5 rings (SSSR count). The number of carbonyl (C=O) groups excluding carboxylic acids is 1. The van der Waals surface area contributed by atoms with Gasteiger partial charge < -0.3 is 4.90 Å². The molecule has 0 spiro atoms. The van der Waals surface area contributed by atoms with Crippen molar-refractivity contribution in [3.05, 3.63) is 87.1 Å². The molecule has 1 unspecified atom stereocenters. The topological polar surface area (TPSA) is 60.1 Å². The maximum Gasteiger partial charge on any atom is 0.346 e. The summed E-state index contributed by atoms with van der Waals surface area (Å²) in [5.41, 5.74) is 4.67. The smallest absolute Gasteiger partial charge is 0.330 e. The molecule has 2 heterocycles. The van der Waals surface area contributed by atoms with Crippen LogP contribution in [0.15, 0.2) is 53.3 Å². The van der Waals surface area contributed by atoms with E-state index in [9.17, 15) is 9.59 Å². The summed E-state index contributed by atoms with van der Waals surface area (Å²) in [5.74, 6) is 0.763. The van der Waals surface area contributed by atoms with Crippen molar-refractivity contribution in [2.24, 2.45) is 0 Å². The zero-order valence-corrected chi connectivity index (χ0v) is 18.7. The van der Waals surface area contributed by atoms with Gasteiger partial charge in [-0.2, -0.15) is 5.10 Å². The van der Waals surface area contributed by atoms with Crippen LogP contribution < -0.4 is 5.69 Å². The Bertz CT molecular complexity index is 1180. The second kappa shape index (κ2) is 8.77. The molecule has 0 saturated heterocycles. The number of hydrogen-bond acceptors (Lipinski definition) is 3. The van der Waals surface area contributed by atoms with Crippen molar-refractivity contribution in [2.75, 3.05) is 0 Å². The van der Waals surface area contributed by atoms with Crippen molar-refractivity contribution in [2.45, 2.75) is 71.1 Å². The lowest BCUT2D eigenvalue weighted by atomic mass is 10.1. The first-order chi connectivity index (χ1) is 15.6. The van der Waals surface area contributed by atoms with Gasteiger partial charge in [0.2, 0.25) is 5.91 Å². The van der Waals surface area contributed by atoms with E-state index in [1.807, 2.05) is 11.0 Å². The minimum atomic E-state index is -0.155. The number of hydrogen-bond donors (Lipinski definition) is 0. The number of benzene rings is 2. The van der Waals surface area contributed by atoms with Crippen molar-refractivity contribution >= 4 is 5.91 Å². The largest absolute Gasteiger partial charge is 0.346 e. The Morgan fingerprint density at radius 1 is 1.06 bits per heavy atom. The van der Waals surface area contributed by atoms with Gasteiger partial charge in [-0.1, -0.05) is 60.5 Å². The third kappa shape index (κ3) is 4.01. The SMILES string of the molecule is Cc1ccc(CN(C(=O)Cn2nc3n(c2=O)CCCCC3)C2CCc3ccccc32)cc1. The molecule has 2 aromatic carbocycles. The van der Waals surface area contributed by atoms with Crippen LogP contribution in [0.25, 0.3) is 0 Å². The van der Waals surface area contributed by atoms with Crippen LogP contribution in [0.3, 0.4) is 0 Å². The van der Waals surface area contributed by atoms with E-state index >= 15 is 0 Å². The summed E-state index contributed by atoms with van der Waals surface area (Å²) >= 11 is 0. The summed E-state index contributed by atoms with van der Waals surface area (Å²) in [5, 5.41) is 4.54. The summed E-state index contributed by atoms with van der Waals surface area (Å²) in [6.07, 6.45) is 5.84. The maximum atomic E-state index is 13.6. The number of carbonyl (C=O) groups is 1. The number of rotatable bonds is 5. The Labute approximate surface area is 188 Å². The van der Waals surface area contributed by atoms with Gasteiger partial charge >= 0.3 is 5.69 Å². The van der Waals surface area contributed by atoms with E-state index in [1.165, 1.54) is 21.4 Å². The number of nitrogens with zero attached hydrogens (tertiary/aromatic N) is 4. The average Bonchev–Trinajstić information content (AvgIpc) is 3.25. The average molecular weight is 431 g/mol. The quantitative estimate of drug-likeness (QED) is 0.619. The van der Waals surface area contributed by atoms with E-state index in [1.54, 1.807) is 4.57 Å². The van der Waals surface area contributed by atoms with E-state index in [4.69, 9.17) is 0 Å². The first-order valence-electron chi connectivity index (χ1n) is 11.7. The molecule has 1 aliphatic carbocycles. The number of aromatic nitrogens is 3. The van der Waals surface area contributed by atoms with Crippen LogP contribution >= 0.6 is 0 Å². The van der Waals surface area contributed by atoms with E-state index in [2.05, 4.69) is 54.5 Å². The monoisotopic (exact) mass is 430 g/mol. The molecule has 0 radical (unpaired) electrons. The predicted molar refractivity (Wildman–Crippen MR) is 123 cm³/mol. The van der Waals surface area contributed by atoms with Gasteiger partial charge in [-0.05, 0) is 49.3 Å². The molecule has 0 N–H and O–H groups in total. The van der Waals surface area contributed by atoms with E-state index < -0.39 is 0 Å². The third-order valence-corrected chi connectivity index (χ3v) is 6.84. The molecule has 1 atom stereocenters. The summed E-state index contributed by atoms with van der Waals surface area (Å²) in [6.45, 7) is 3.28. The minimum absolute atomic E-state index is 0.0106. The lowest BCUT2D eigenvalue weighted by molar-refractivity contribution is -0.135. The summed E-state index contributed by atoms with van der Waals surface area (Å²) < 4.78 is 3.14. The molecular formula is C26H30N4O2. The fourth-order valence-electron chi connectivity index (χ4n) is 5.07. The van der Waals surface area contributed by atoms with Gasteiger partial charge in [-0.3, -0.25) is 9.36 Å². The van der Waals surface area contributed by atoms with Crippen LogP contribution in [0.4, 0.5) is 0 Å². The highest BCUT2D eigenvalue weighted by Gasteiger charge is 2.31. The molecule has 6 nitrogen and oxygen atoms in total. The predicted octanol–water partition coefficient (Wildman–Crippen LogP) is 3.80. The fraction of sp³-hybridized carbons (Fsp3) is 0.423. The van der Waals surface area contributed by atoms with Crippen LogP contribution in [0.5, 0.6) is 0 Å². The highest BCUT2D eigenvalue weighted by atomic mass is 16.2. The van der Waals surface area contributed by atoms with Crippen molar-refractivity contribution in [3.8, 4) is 0 Å². The second-order valence-electron chi connectivity index (χ2n) is 9.08. The van der Waals surface area contributed by atoms with Gasteiger partial charge in [0, 0.05) is 19.5 Å². The molecule has 1 aliphatic heterocycles. The maximum absolute atomic E-state index is 13.6. The van der Waals surface area contributed by atoms with Crippen LogP contribution in [-0.2, 0) is 37.3 Å². The molecule has 32 heavy (non-hydrogen) atoms. The standard InChI is InChI=1S/C26H30N4O2/c1-19-10-12-20(13-11-19)17-29(23-15-14-21-7-4-5-8-22(21)23)25(31)18-30-26(32)28-16-6-2-3-9-24(28)27-30/h4-5,7-8,10-13,23H,2-3,6,9,14-18H2,1H3. The number of amides is 1. The molecule has 2 aliphatic rings. The van der Waals surface area contributed by atoms with Crippen molar-refractivity contribution in [3.63, 3.8) is 0 Å². The lowest BCUT2D eigenvalue weighted by Crippen LogP contribution is -2.38. The molecular weight excluding hydrogens is 400 g/mol. The third-order valence-electron chi connectivity index (χ3n) is 6.84. The van der Waals surface area contributed by atoms with Gasteiger partial charge in [0.05, 0.1) is 6.04 Å². The van der Waals surface area contributed by atoms with Gasteiger partial charge in [-0.25, -0.2) is 9.48 Å². The van der Waals surface area contributed by atoms with E-state index in [0.29, 0.717) is 13.1 Å². The Morgan fingerprint density at radius 3 is 2.72 bits per heavy atom. The van der Waals surface area contributed by atoms with Crippen LogP contribution in [0.1, 0.15) is 59.8 Å². The lowest BCUT2D eigenvalue weighted by Gasteiger charge is -2.30. The zero-order chi connectivity index (χ0) is 22.1. The van der Waals surface area contributed by atoms with Gasteiger partial charge in [0.25, 0.3) is 0 Å². The van der Waals surface area contributed by atoms with Gasteiger partial charge in [0.15, 0.2) is 0 Å². The summed E-state index contributed by atoms with van der Waals surface area (Å²) in [6, 6.07) is 16.7. The summed E-state index contributed by atoms with van der Waals surface area (Å²) in [7, 11) is 0. The number of aryl methyl sites for hydroxylation is 3. The second-order valence-corrected chi connectivity index (χ2v) is 9.08. The Kier molecular flexibility index (Phi) is 5.68. The first-order valence-corrected chi connectivity index (χ1v) is 11.7. The molecule has 0 fully saturated rings. The minimum Gasteiger partial charge on any atom is -0.330 e. The number of fused-ring (bicyclic) bond motifs is 2. The molecule has 1 aromatic heterocycles. The summed E-state index contributed by atoms with van der Waals surface area (Å²) in [4.78, 5) is 28.5. The first kappa shape index (κ1) is 20.7. The normalized spacial score (nSPS) is 17.5. The Balaban J connectivity index is 1.44. The van der Waals surface area contributed by atoms with E-state index in [0.717, 1.165) is 49.9 Å². The van der Waals surface area contributed by atoms with Crippen LogP contribution in [-0.4, -0.2) is 25.2 Å². The van der Waals surface area contributed by atoms with Crippen LogP contribution in [0, 0.1) is 6.92 Å². The molecule has 0 saturated carbocycles. The zero-order valence-electron chi connectivity index (χ0n) is 18.7. The molecule has 6 heteroatoms. The van der Waals surface area contributed by atoms with Crippen molar-refractivity contribution in [1.82, 2.24) is 19.2 Å². The van der Waals surface area contributed by atoms with Crippen LogP contribution in [0.2, 0.25) is 0 Å². The Hall–Kier alpha value is -3.15. The van der Waals surface area contributed by atoms with Gasteiger partial charge in [-0.15, -0.1) is 0 Å². The van der Waals surface area contributed by atoms with E-state index in [-0.39, 0.29) is 24.2 Å². The van der Waals surface area contributed by atoms with Crippen molar-refractivity contribution in [1.29, 1.82) is 0 Å². The molecule has 1 amide bonds.